The Morgan fingerprint density at radius 1 is 0.640 bits per heavy atom. The Balaban J connectivity index is 0.932. The van der Waals surface area contributed by atoms with E-state index in [1.54, 1.807) is 0 Å². The first-order valence-corrected chi connectivity index (χ1v) is 17.5. The number of nitrogens with zero attached hydrogens (tertiary/aromatic N) is 5. The van der Waals surface area contributed by atoms with Crippen LogP contribution in [0.15, 0.2) is 121 Å². The molecule has 8 aromatic rings. The van der Waals surface area contributed by atoms with Gasteiger partial charge in [-0.15, -0.1) is 5.10 Å². The molecule has 0 saturated carbocycles. The Hall–Kier alpha value is -6.02. The second-order valence-electron chi connectivity index (χ2n) is 13.0. The Bertz CT molecular complexity index is 2400. The molecular weight excluding hydrogens is 617 g/mol. The van der Waals surface area contributed by atoms with Crippen molar-refractivity contribution in [1.29, 1.82) is 0 Å². The first kappa shape index (κ1) is 31.3. The SMILES string of the molecule is Nc1ccc2c(c1)c(-c1ccccc1)[n+](CCCCCCc1cnnn1CCNc1c3ccccc3nc3ccccc13)c1cc(N)ccc21. The maximum absolute atomic E-state index is 6.35. The fourth-order valence-electron chi connectivity index (χ4n) is 7.31. The van der Waals surface area contributed by atoms with E-state index in [4.69, 9.17) is 16.5 Å². The fraction of sp³-hybridized carbons (Fsp3) is 0.190. The lowest BCUT2D eigenvalue weighted by atomic mass is 9.98. The van der Waals surface area contributed by atoms with Gasteiger partial charge < -0.3 is 16.8 Å². The van der Waals surface area contributed by atoms with E-state index >= 15 is 0 Å². The number of nitrogens with one attached hydrogen (secondary N) is 1. The highest BCUT2D eigenvalue weighted by Gasteiger charge is 2.23. The molecule has 3 heterocycles. The van der Waals surface area contributed by atoms with E-state index in [9.17, 15) is 0 Å². The molecule has 50 heavy (non-hydrogen) atoms. The van der Waals surface area contributed by atoms with E-state index in [2.05, 4.69) is 111 Å². The van der Waals surface area contributed by atoms with Gasteiger partial charge in [-0.05, 0) is 67.8 Å². The number of hydrogen-bond donors (Lipinski definition) is 3. The van der Waals surface area contributed by atoms with E-state index in [1.165, 1.54) is 27.7 Å². The molecule has 3 aromatic heterocycles. The minimum Gasteiger partial charge on any atom is -0.399 e. The zero-order chi connectivity index (χ0) is 33.9. The van der Waals surface area contributed by atoms with E-state index in [1.807, 2.05) is 35.1 Å². The smallest absolute Gasteiger partial charge is 0.220 e. The average molecular weight is 658 g/mol. The molecule has 0 atom stereocenters. The highest BCUT2D eigenvalue weighted by atomic mass is 15.4. The zero-order valence-electron chi connectivity index (χ0n) is 28.1. The van der Waals surface area contributed by atoms with Gasteiger partial charge in [0, 0.05) is 52.1 Å². The summed E-state index contributed by atoms with van der Waals surface area (Å²) in [6.45, 7) is 2.37. The minimum atomic E-state index is 0.738. The number of hydrogen-bond acceptors (Lipinski definition) is 6. The Morgan fingerprint density at radius 3 is 2.10 bits per heavy atom. The summed E-state index contributed by atoms with van der Waals surface area (Å²) in [5, 5.41) is 18.2. The average Bonchev–Trinajstić information content (AvgIpc) is 3.59. The highest BCUT2D eigenvalue weighted by Crippen LogP contribution is 2.34. The fourth-order valence-corrected chi connectivity index (χ4v) is 7.31. The number of pyridine rings is 2. The van der Waals surface area contributed by atoms with Gasteiger partial charge in [-0.1, -0.05) is 72.3 Å². The molecule has 0 unspecified atom stereocenters. The number of aryl methyl sites for hydroxylation is 2. The van der Waals surface area contributed by atoms with Gasteiger partial charge in [0.05, 0.1) is 45.9 Å². The molecule has 0 bridgehead atoms. The third kappa shape index (κ3) is 6.16. The molecule has 8 nitrogen and oxygen atoms in total. The van der Waals surface area contributed by atoms with Gasteiger partial charge >= 0.3 is 0 Å². The largest absolute Gasteiger partial charge is 0.399 e. The summed E-state index contributed by atoms with van der Waals surface area (Å²) < 4.78 is 4.49. The normalized spacial score (nSPS) is 11.6. The number of unbranched alkanes of at least 4 members (excludes halogenated alkanes) is 3. The molecule has 5 aromatic carbocycles. The molecule has 8 heteroatoms. The van der Waals surface area contributed by atoms with Crippen molar-refractivity contribution in [3.8, 4) is 11.3 Å². The van der Waals surface area contributed by atoms with Crippen LogP contribution in [0.5, 0.6) is 0 Å². The molecule has 0 amide bonds. The predicted octanol–water partition coefficient (Wildman–Crippen LogP) is 8.32. The van der Waals surface area contributed by atoms with Crippen LogP contribution in [0, 0.1) is 0 Å². The van der Waals surface area contributed by atoms with Crippen molar-refractivity contribution in [1.82, 2.24) is 20.0 Å². The topological polar surface area (TPSA) is 112 Å². The maximum atomic E-state index is 6.35. The van der Waals surface area contributed by atoms with E-state index in [-0.39, 0.29) is 0 Å². The molecule has 0 spiro atoms. The third-order valence-electron chi connectivity index (χ3n) is 9.69. The molecule has 0 fully saturated rings. The number of anilines is 3. The number of nitrogens with two attached hydrogens (primary N) is 2. The predicted molar refractivity (Wildman–Crippen MR) is 206 cm³/mol. The van der Waals surface area contributed by atoms with E-state index < -0.39 is 0 Å². The van der Waals surface area contributed by atoms with Crippen LogP contribution in [0.1, 0.15) is 31.4 Å². The number of benzene rings is 5. The highest BCUT2D eigenvalue weighted by molar-refractivity contribution is 6.10. The van der Waals surface area contributed by atoms with Crippen LogP contribution in [0.25, 0.3) is 54.7 Å². The van der Waals surface area contributed by atoms with E-state index in [0.29, 0.717) is 0 Å². The lowest BCUT2D eigenvalue weighted by molar-refractivity contribution is -0.659. The summed E-state index contributed by atoms with van der Waals surface area (Å²) in [7, 11) is 0. The number of rotatable bonds is 12. The zero-order valence-corrected chi connectivity index (χ0v) is 28.1. The van der Waals surface area contributed by atoms with Crippen molar-refractivity contribution in [2.75, 3.05) is 23.3 Å². The summed E-state index contributed by atoms with van der Waals surface area (Å²) in [5.41, 5.74) is 22.0. The van der Waals surface area contributed by atoms with Gasteiger partial charge in [0.25, 0.3) is 0 Å². The molecule has 0 aliphatic heterocycles. The van der Waals surface area contributed by atoms with Gasteiger partial charge in [0.1, 0.15) is 6.54 Å². The van der Waals surface area contributed by atoms with Crippen molar-refractivity contribution < 1.29 is 4.57 Å². The molecule has 0 aliphatic carbocycles. The maximum Gasteiger partial charge on any atom is 0.220 e. The summed E-state index contributed by atoms with van der Waals surface area (Å²) in [4.78, 5) is 4.85. The lowest BCUT2D eigenvalue weighted by Crippen LogP contribution is -2.37. The van der Waals surface area contributed by atoms with Crippen LogP contribution in [0.2, 0.25) is 0 Å². The lowest BCUT2D eigenvalue weighted by Gasteiger charge is -2.14. The van der Waals surface area contributed by atoms with Gasteiger partial charge in [0.2, 0.25) is 11.2 Å². The summed E-state index contributed by atoms with van der Waals surface area (Å²) in [6, 6.07) is 39.7. The Labute approximate surface area is 291 Å². The number of fused-ring (bicyclic) bond motifs is 5. The van der Waals surface area contributed by atoms with Crippen LogP contribution < -0.4 is 21.4 Å². The third-order valence-corrected chi connectivity index (χ3v) is 9.69. The minimum absolute atomic E-state index is 0.738. The molecule has 5 N–H and O–H groups in total. The molecule has 0 radical (unpaired) electrons. The summed E-state index contributed by atoms with van der Waals surface area (Å²) in [6.07, 6.45) is 7.24. The molecule has 0 aliphatic rings. The molecule has 8 rings (SSSR count). The Kier molecular flexibility index (Phi) is 8.65. The van der Waals surface area contributed by atoms with Crippen molar-refractivity contribution in [3.05, 3.63) is 127 Å². The molecule has 0 saturated heterocycles. The Morgan fingerprint density at radius 2 is 1.32 bits per heavy atom. The van der Waals surface area contributed by atoms with Gasteiger partial charge in [-0.3, -0.25) is 0 Å². The van der Waals surface area contributed by atoms with Crippen molar-refractivity contribution >= 4 is 60.5 Å². The van der Waals surface area contributed by atoms with Crippen LogP contribution in [-0.4, -0.2) is 26.5 Å². The summed E-state index contributed by atoms with van der Waals surface area (Å²) in [5.74, 6) is 0. The number of para-hydroxylation sites is 2. The monoisotopic (exact) mass is 657 g/mol. The standard InChI is InChI=1S/C42H40N8/c43-30-19-21-33-34-22-20-31(44)27-40(34)49(42(37(33)26-30)29-12-4-3-5-13-29)24-11-2-1-6-14-32-28-46-48-50(32)25-23-45-41-35-15-7-9-17-38(35)47-39-18-10-8-16-36(39)41/h3-5,7-10,12-13,15-22,26-28,44H,1-2,6,11,14,23-25,43H2,(H,45,47)/p+1. The first-order chi connectivity index (χ1) is 24.6. The van der Waals surface area contributed by atoms with E-state index in [0.717, 1.165) is 102 Å². The first-order valence-electron chi connectivity index (χ1n) is 17.5. The van der Waals surface area contributed by atoms with Gasteiger partial charge in [-0.2, -0.15) is 4.57 Å². The van der Waals surface area contributed by atoms with Crippen molar-refractivity contribution in [2.24, 2.45) is 0 Å². The van der Waals surface area contributed by atoms with Gasteiger partial charge in [-0.25, -0.2) is 9.67 Å². The van der Waals surface area contributed by atoms with Crippen molar-refractivity contribution in [3.63, 3.8) is 0 Å². The quantitative estimate of drug-likeness (QED) is 0.0401. The summed E-state index contributed by atoms with van der Waals surface area (Å²) >= 11 is 0. The van der Waals surface area contributed by atoms with Crippen LogP contribution in [-0.2, 0) is 19.5 Å². The number of aromatic nitrogens is 5. The van der Waals surface area contributed by atoms with Crippen LogP contribution >= 0.6 is 0 Å². The van der Waals surface area contributed by atoms with Crippen LogP contribution in [0.3, 0.4) is 0 Å². The second kappa shape index (κ2) is 13.8. The van der Waals surface area contributed by atoms with Crippen LogP contribution in [0.4, 0.5) is 17.1 Å². The van der Waals surface area contributed by atoms with Gasteiger partial charge in [0.15, 0.2) is 0 Å². The molecule has 248 valence electrons. The van der Waals surface area contributed by atoms with Crippen molar-refractivity contribution in [2.45, 2.75) is 45.2 Å². The number of nitrogen functional groups attached to an aromatic ring is 2. The second-order valence-corrected chi connectivity index (χ2v) is 13.0. The molecular formula is C42H41N8+.